The largest absolute Gasteiger partial charge is 0.352 e. The molecular formula is C18H28N2O. The predicted octanol–water partition coefficient (Wildman–Crippen LogP) is 3.45. The number of likely N-dealkylation sites (tertiary alicyclic amines) is 1. The van der Waals surface area contributed by atoms with E-state index in [4.69, 9.17) is 0 Å². The van der Waals surface area contributed by atoms with Crippen molar-refractivity contribution in [2.24, 2.45) is 5.92 Å². The van der Waals surface area contributed by atoms with Gasteiger partial charge in [0.1, 0.15) is 0 Å². The predicted molar refractivity (Wildman–Crippen MR) is 87.4 cm³/mol. The Morgan fingerprint density at radius 1 is 1.33 bits per heavy atom. The summed E-state index contributed by atoms with van der Waals surface area (Å²) in [5, 5.41) is 2.96. The number of benzene rings is 1. The normalized spacial score (nSPS) is 19.4. The second kappa shape index (κ2) is 8.18. The number of rotatable bonds is 6. The molecule has 3 nitrogen and oxygen atoms in total. The SMILES string of the molecule is CCCCNC(=O)c1ccc(CN2CCC[C@@H](C)C2)cc1. The number of hydrogen-bond acceptors (Lipinski definition) is 2. The molecule has 1 aliphatic heterocycles. The molecule has 1 amide bonds. The van der Waals surface area contributed by atoms with Gasteiger partial charge in [0.15, 0.2) is 0 Å². The van der Waals surface area contributed by atoms with E-state index in [-0.39, 0.29) is 5.91 Å². The molecule has 0 aliphatic carbocycles. The molecule has 1 saturated heterocycles. The molecule has 1 aromatic carbocycles. The third-order valence-corrected chi connectivity index (χ3v) is 4.18. The second-order valence-electron chi connectivity index (χ2n) is 6.29. The molecule has 1 aromatic rings. The standard InChI is InChI=1S/C18H28N2O/c1-3-4-11-19-18(21)17-9-7-16(8-10-17)14-20-12-5-6-15(2)13-20/h7-10,15H,3-6,11-14H2,1-2H3,(H,19,21)/t15-/m1/s1. The quantitative estimate of drug-likeness (QED) is 0.813. The van der Waals surface area contributed by atoms with Gasteiger partial charge in [0.2, 0.25) is 0 Å². The molecule has 1 fully saturated rings. The van der Waals surface area contributed by atoms with E-state index in [0.717, 1.165) is 37.4 Å². The minimum atomic E-state index is 0.0431. The Morgan fingerprint density at radius 2 is 2.10 bits per heavy atom. The van der Waals surface area contributed by atoms with Crippen molar-refractivity contribution < 1.29 is 4.79 Å². The molecule has 21 heavy (non-hydrogen) atoms. The molecule has 0 unspecified atom stereocenters. The molecule has 0 aromatic heterocycles. The third kappa shape index (κ3) is 5.16. The number of amides is 1. The highest BCUT2D eigenvalue weighted by molar-refractivity contribution is 5.94. The van der Waals surface area contributed by atoms with Gasteiger partial charge in [-0.2, -0.15) is 0 Å². The van der Waals surface area contributed by atoms with Crippen LogP contribution in [0.25, 0.3) is 0 Å². The van der Waals surface area contributed by atoms with Crippen LogP contribution in [0, 0.1) is 5.92 Å². The fraction of sp³-hybridized carbons (Fsp3) is 0.611. The fourth-order valence-corrected chi connectivity index (χ4v) is 2.93. The van der Waals surface area contributed by atoms with Crippen LogP contribution in [0.15, 0.2) is 24.3 Å². The van der Waals surface area contributed by atoms with Crippen molar-refractivity contribution in [2.75, 3.05) is 19.6 Å². The number of nitrogens with one attached hydrogen (secondary N) is 1. The molecule has 0 saturated carbocycles. The topological polar surface area (TPSA) is 32.3 Å². The Balaban J connectivity index is 1.85. The van der Waals surface area contributed by atoms with Crippen LogP contribution < -0.4 is 5.32 Å². The molecule has 0 radical (unpaired) electrons. The zero-order chi connectivity index (χ0) is 15.1. The van der Waals surface area contributed by atoms with Gasteiger partial charge in [-0.15, -0.1) is 0 Å². The van der Waals surface area contributed by atoms with Crippen molar-refractivity contribution >= 4 is 5.91 Å². The lowest BCUT2D eigenvalue weighted by atomic mass is 9.99. The maximum atomic E-state index is 11.9. The molecular weight excluding hydrogens is 260 g/mol. The Bertz CT molecular complexity index is 441. The van der Waals surface area contributed by atoms with Gasteiger partial charge < -0.3 is 5.32 Å². The second-order valence-corrected chi connectivity index (χ2v) is 6.29. The van der Waals surface area contributed by atoms with Crippen molar-refractivity contribution in [3.8, 4) is 0 Å². The number of hydrogen-bond donors (Lipinski definition) is 1. The van der Waals surface area contributed by atoms with Crippen molar-refractivity contribution in [3.05, 3.63) is 35.4 Å². The van der Waals surface area contributed by atoms with E-state index in [0.29, 0.717) is 0 Å². The Hall–Kier alpha value is -1.35. The summed E-state index contributed by atoms with van der Waals surface area (Å²) in [5.74, 6) is 0.851. The highest BCUT2D eigenvalue weighted by Gasteiger charge is 2.16. The number of carbonyl (C=O) groups excluding carboxylic acids is 1. The number of piperidine rings is 1. The minimum absolute atomic E-state index is 0.0431. The van der Waals surface area contributed by atoms with Gasteiger partial charge in [0, 0.05) is 25.2 Å². The Morgan fingerprint density at radius 3 is 2.76 bits per heavy atom. The van der Waals surface area contributed by atoms with Crippen LogP contribution in [0.4, 0.5) is 0 Å². The van der Waals surface area contributed by atoms with E-state index < -0.39 is 0 Å². The van der Waals surface area contributed by atoms with Crippen LogP contribution in [0.2, 0.25) is 0 Å². The van der Waals surface area contributed by atoms with Crippen LogP contribution in [-0.2, 0) is 6.54 Å². The Labute approximate surface area is 128 Å². The zero-order valence-electron chi connectivity index (χ0n) is 13.4. The van der Waals surface area contributed by atoms with E-state index in [1.54, 1.807) is 0 Å². The first-order chi connectivity index (χ1) is 10.2. The van der Waals surface area contributed by atoms with Crippen LogP contribution in [0.5, 0.6) is 0 Å². The van der Waals surface area contributed by atoms with E-state index in [9.17, 15) is 4.79 Å². The third-order valence-electron chi connectivity index (χ3n) is 4.18. The van der Waals surface area contributed by atoms with Crippen molar-refractivity contribution in [2.45, 2.75) is 46.1 Å². The van der Waals surface area contributed by atoms with E-state index in [1.165, 1.54) is 31.5 Å². The number of nitrogens with zero attached hydrogens (tertiary/aromatic N) is 1. The summed E-state index contributed by atoms with van der Waals surface area (Å²) in [4.78, 5) is 14.5. The van der Waals surface area contributed by atoms with E-state index in [1.807, 2.05) is 12.1 Å². The summed E-state index contributed by atoms with van der Waals surface area (Å²) < 4.78 is 0. The molecule has 1 N–H and O–H groups in total. The summed E-state index contributed by atoms with van der Waals surface area (Å²) >= 11 is 0. The van der Waals surface area contributed by atoms with Crippen molar-refractivity contribution in [1.29, 1.82) is 0 Å². The summed E-state index contributed by atoms with van der Waals surface area (Å²) in [5.41, 5.74) is 2.07. The first-order valence-electron chi connectivity index (χ1n) is 8.28. The molecule has 0 bridgehead atoms. The van der Waals surface area contributed by atoms with Gasteiger partial charge in [0.05, 0.1) is 0 Å². The summed E-state index contributed by atoms with van der Waals surface area (Å²) in [6.07, 6.45) is 4.80. The zero-order valence-corrected chi connectivity index (χ0v) is 13.4. The fourth-order valence-electron chi connectivity index (χ4n) is 2.93. The van der Waals surface area contributed by atoms with Gasteiger partial charge in [-0.3, -0.25) is 9.69 Å². The molecule has 1 heterocycles. The monoisotopic (exact) mass is 288 g/mol. The maximum absolute atomic E-state index is 11.9. The molecule has 2 rings (SSSR count). The van der Waals surface area contributed by atoms with Crippen LogP contribution in [0.3, 0.4) is 0 Å². The van der Waals surface area contributed by atoms with E-state index in [2.05, 4.69) is 36.2 Å². The average molecular weight is 288 g/mol. The average Bonchev–Trinajstić information content (AvgIpc) is 2.48. The van der Waals surface area contributed by atoms with Crippen molar-refractivity contribution in [1.82, 2.24) is 10.2 Å². The van der Waals surface area contributed by atoms with Crippen LogP contribution in [-0.4, -0.2) is 30.4 Å². The lowest BCUT2D eigenvalue weighted by Gasteiger charge is -2.30. The smallest absolute Gasteiger partial charge is 0.251 e. The van der Waals surface area contributed by atoms with Crippen LogP contribution in [0.1, 0.15) is 55.5 Å². The molecule has 1 atom stereocenters. The number of unbranched alkanes of at least 4 members (excludes halogenated alkanes) is 1. The molecule has 0 spiro atoms. The number of carbonyl (C=O) groups is 1. The first-order valence-corrected chi connectivity index (χ1v) is 8.28. The molecule has 1 aliphatic rings. The lowest BCUT2D eigenvalue weighted by Crippen LogP contribution is -2.33. The minimum Gasteiger partial charge on any atom is -0.352 e. The van der Waals surface area contributed by atoms with E-state index >= 15 is 0 Å². The maximum Gasteiger partial charge on any atom is 0.251 e. The van der Waals surface area contributed by atoms with Gasteiger partial charge >= 0.3 is 0 Å². The highest BCUT2D eigenvalue weighted by atomic mass is 16.1. The molecule has 3 heteroatoms. The van der Waals surface area contributed by atoms with Gasteiger partial charge in [0.25, 0.3) is 5.91 Å². The van der Waals surface area contributed by atoms with Gasteiger partial charge in [-0.05, 0) is 49.4 Å². The summed E-state index contributed by atoms with van der Waals surface area (Å²) in [6, 6.07) is 8.08. The first kappa shape index (κ1) is 16.0. The van der Waals surface area contributed by atoms with Crippen molar-refractivity contribution in [3.63, 3.8) is 0 Å². The Kier molecular flexibility index (Phi) is 6.24. The van der Waals surface area contributed by atoms with Crippen LogP contribution >= 0.6 is 0 Å². The highest BCUT2D eigenvalue weighted by Crippen LogP contribution is 2.18. The lowest BCUT2D eigenvalue weighted by molar-refractivity contribution is 0.0953. The molecule has 116 valence electrons. The van der Waals surface area contributed by atoms with Gasteiger partial charge in [-0.1, -0.05) is 32.4 Å². The summed E-state index contributed by atoms with van der Waals surface area (Å²) in [7, 11) is 0. The summed E-state index contributed by atoms with van der Waals surface area (Å²) in [6.45, 7) is 8.62. The van der Waals surface area contributed by atoms with Gasteiger partial charge in [-0.25, -0.2) is 0 Å².